The van der Waals surface area contributed by atoms with Gasteiger partial charge in [-0.15, -0.1) is 0 Å². The third-order valence-corrected chi connectivity index (χ3v) is 10.5. The number of amides is 2. The first-order valence-corrected chi connectivity index (χ1v) is 19.0. The number of nitrogens with one attached hydrogen (secondary N) is 2. The largest absolute Gasteiger partial charge is 0.352 e. The van der Waals surface area contributed by atoms with E-state index in [2.05, 4.69) is 16.1 Å². The van der Waals surface area contributed by atoms with Crippen LogP contribution >= 0.6 is 23.2 Å². The van der Waals surface area contributed by atoms with Crippen molar-refractivity contribution < 1.29 is 22.4 Å². The molecule has 2 N–H and O–H groups in total. The zero-order valence-corrected chi connectivity index (χ0v) is 30.9. The van der Waals surface area contributed by atoms with Crippen LogP contribution in [-0.4, -0.2) is 36.6 Å². The molecule has 0 bridgehead atoms. The molecule has 0 saturated heterocycles. The summed E-state index contributed by atoms with van der Waals surface area (Å²) in [4.78, 5) is 25.4. The summed E-state index contributed by atoms with van der Waals surface area (Å²) in [5.74, 6) is -1.81. The zero-order chi connectivity index (χ0) is 37.4. The summed E-state index contributed by atoms with van der Waals surface area (Å²) in [6.07, 6.45) is 3.91. The second kappa shape index (κ2) is 17.0. The van der Waals surface area contributed by atoms with Crippen molar-refractivity contribution in [3.63, 3.8) is 0 Å². The number of sulfonamides is 1. The van der Waals surface area contributed by atoms with Gasteiger partial charge in [0.25, 0.3) is 21.8 Å². The maximum atomic E-state index is 16.0. The number of benzene rings is 4. The SMILES string of the molecule is CCCCNC(=O)c1ccc(Cl)c(-n2nc(CCCC)c(Cc3ccc(-c4ccccc4S(=O)(=O)NC(=O)c4ccccc4Cl)cc3F)c2C#N)c1. The number of carbonyl (C=O) groups excluding carboxylic acids is 2. The number of nitrogens with zero attached hydrogens (tertiary/aromatic N) is 3. The van der Waals surface area contributed by atoms with E-state index in [1.807, 2.05) is 13.8 Å². The molecule has 0 aliphatic heterocycles. The minimum Gasteiger partial charge on any atom is -0.352 e. The molecule has 4 aromatic carbocycles. The molecule has 0 unspecified atom stereocenters. The standard InChI is InChI=1S/C39H36Cl2FN5O4S/c1-3-5-14-34-30(36(24-43)47(45-34)35-23-27(18-19-32(35)41)38(48)44-20-6-4-2)21-26-17-16-25(22-33(26)42)28-11-8-10-15-37(28)52(50,51)46-39(49)29-12-7-9-13-31(29)40/h7-13,15-19,22-23H,3-6,14,20-21H2,1-2H3,(H,44,48)(H,46,49). The van der Waals surface area contributed by atoms with Gasteiger partial charge < -0.3 is 5.32 Å². The smallest absolute Gasteiger partial charge is 0.266 e. The van der Waals surface area contributed by atoms with Gasteiger partial charge in [-0.2, -0.15) is 10.4 Å². The Balaban J connectivity index is 1.49. The molecule has 268 valence electrons. The maximum absolute atomic E-state index is 16.0. The Labute approximate surface area is 312 Å². The fourth-order valence-electron chi connectivity index (χ4n) is 5.68. The van der Waals surface area contributed by atoms with Crippen molar-refractivity contribution in [1.82, 2.24) is 19.8 Å². The molecule has 0 saturated carbocycles. The summed E-state index contributed by atoms with van der Waals surface area (Å²) in [5.41, 5.74) is 2.65. The predicted octanol–water partition coefficient (Wildman–Crippen LogP) is 8.44. The van der Waals surface area contributed by atoms with Crippen LogP contribution < -0.4 is 10.0 Å². The van der Waals surface area contributed by atoms with E-state index < -0.39 is 21.7 Å². The predicted molar refractivity (Wildman–Crippen MR) is 200 cm³/mol. The molecule has 52 heavy (non-hydrogen) atoms. The highest BCUT2D eigenvalue weighted by Crippen LogP contribution is 2.32. The van der Waals surface area contributed by atoms with Crippen molar-refractivity contribution in [3.8, 4) is 22.9 Å². The van der Waals surface area contributed by atoms with Gasteiger partial charge in [0, 0.05) is 29.7 Å². The highest BCUT2D eigenvalue weighted by molar-refractivity contribution is 7.90. The minimum atomic E-state index is -4.40. The van der Waals surface area contributed by atoms with Crippen molar-refractivity contribution in [2.24, 2.45) is 0 Å². The Morgan fingerprint density at radius 1 is 0.904 bits per heavy atom. The minimum absolute atomic E-state index is 0.0106. The fraction of sp³-hybridized carbons (Fsp3) is 0.231. The molecule has 5 rings (SSSR count). The lowest BCUT2D eigenvalue weighted by atomic mass is 9.97. The van der Waals surface area contributed by atoms with E-state index in [1.165, 1.54) is 47.1 Å². The first kappa shape index (κ1) is 38.2. The summed E-state index contributed by atoms with van der Waals surface area (Å²) < 4.78 is 46.3. The molecule has 0 fully saturated rings. The molecule has 5 aromatic rings. The summed E-state index contributed by atoms with van der Waals surface area (Å²) in [6.45, 7) is 4.58. The second-order valence-corrected chi connectivity index (χ2v) is 14.5. The van der Waals surface area contributed by atoms with Crippen LogP contribution in [0.4, 0.5) is 4.39 Å². The van der Waals surface area contributed by atoms with Crippen LogP contribution in [0.3, 0.4) is 0 Å². The molecule has 9 nitrogen and oxygen atoms in total. The highest BCUT2D eigenvalue weighted by Gasteiger charge is 2.25. The van der Waals surface area contributed by atoms with Crippen molar-refractivity contribution in [2.75, 3.05) is 6.54 Å². The van der Waals surface area contributed by atoms with Crippen LogP contribution in [0, 0.1) is 17.1 Å². The number of nitriles is 1. The summed E-state index contributed by atoms with van der Waals surface area (Å²) in [6, 6.07) is 23.3. The molecule has 0 radical (unpaired) electrons. The quantitative estimate of drug-likeness (QED) is 0.109. The summed E-state index contributed by atoms with van der Waals surface area (Å²) in [5, 5.41) is 18.4. The van der Waals surface area contributed by atoms with E-state index in [1.54, 1.807) is 42.5 Å². The van der Waals surface area contributed by atoms with Gasteiger partial charge in [0.05, 0.1) is 31.9 Å². The zero-order valence-electron chi connectivity index (χ0n) is 28.5. The summed E-state index contributed by atoms with van der Waals surface area (Å²) >= 11 is 12.7. The average molecular weight is 761 g/mol. The maximum Gasteiger partial charge on any atom is 0.266 e. The normalized spacial score (nSPS) is 11.2. The number of unbranched alkanes of at least 4 members (excludes halogenated alkanes) is 2. The number of rotatable bonds is 14. The van der Waals surface area contributed by atoms with Crippen LogP contribution in [0.25, 0.3) is 16.8 Å². The fourth-order valence-corrected chi connectivity index (χ4v) is 7.29. The van der Waals surface area contributed by atoms with Gasteiger partial charge >= 0.3 is 0 Å². The van der Waals surface area contributed by atoms with Crippen LogP contribution in [0.15, 0.2) is 89.8 Å². The van der Waals surface area contributed by atoms with Gasteiger partial charge in [-0.05, 0) is 72.9 Å². The molecule has 1 heterocycles. The first-order valence-electron chi connectivity index (χ1n) is 16.8. The lowest BCUT2D eigenvalue weighted by Crippen LogP contribution is -2.31. The van der Waals surface area contributed by atoms with E-state index in [0.717, 1.165) is 25.7 Å². The Morgan fingerprint density at radius 3 is 2.35 bits per heavy atom. The first-order chi connectivity index (χ1) is 25.0. The van der Waals surface area contributed by atoms with Gasteiger partial charge in [-0.3, -0.25) is 9.59 Å². The number of aromatic nitrogens is 2. The van der Waals surface area contributed by atoms with Gasteiger partial charge in [-0.25, -0.2) is 22.2 Å². The molecule has 0 aliphatic rings. The molecule has 0 spiro atoms. The van der Waals surface area contributed by atoms with Crippen molar-refractivity contribution >= 4 is 45.0 Å². The van der Waals surface area contributed by atoms with Crippen LogP contribution in [-0.2, 0) is 22.9 Å². The number of hydrogen-bond donors (Lipinski definition) is 2. The van der Waals surface area contributed by atoms with E-state index >= 15 is 4.39 Å². The van der Waals surface area contributed by atoms with Crippen molar-refractivity contribution in [2.45, 2.75) is 57.3 Å². The Hall–Kier alpha value is -5.02. The molecule has 0 aliphatic carbocycles. The van der Waals surface area contributed by atoms with Gasteiger partial charge in [-0.1, -0.05) is 92.4 Å². The Bertz CT molecular complexity index is 2280. The van der Waals surface area contributed by atoms with Crippen molar-refractivity contribution in [1.29, 1.82) is 5.26 Å². The lowest BCUT2D eigenvalue weighted by molar-refractivity contribution is 0.0950. The third kappa shape index (κ3) is 8.53. The van der Waals surface area contributed by atoms with Crippen molar-refractivity contribution in [3.05, 3.63) is 134 Å². The number of aryl methyl sites for hydroxylation is 1. The van der Waals surface area contributed by atoms with Gasteiger partial charge in [0.1, 0.15) is 17.6 Å². The van der Waals surface area contributed by atoms with E-state index in [-0.39, 0.29) is 55.2 Å². The number of carbonyl (C=O) groups is 2. The number of halogens is 3. The highest BCUT2D eigenvalue weighted by atomic mass is 35.5. The molecule has 2 amide bonds. The van der Waals surface area contributed by atoms with Gasteiger partial charge in [0.15, 0.2) is 0 Å². The summed E-state index contributed by atoms with van der Waals surface area (Å²) in [7, 11) is -4.40. The molecule has 13 heteroatoms. The molecular weight excluding hydrogens is 724 g/mol. The van der Waals surface area contributed by atoms with Gasteiger partial charge in [0.2, 0.25) is 0 Å². The number of hydrogen-bond acceptors (Lipinski definition) is 6. The third-order valence-electron chi connectivity index (χ3n) is 8.45. The van der Waals surface area contributed by atoms with E-state index in [9.17, 15) is 23.3 Å². The van der Waals surface area contributed by atoms with Crippen LogP contribution in [0.1, 0.15) is 82.8 Å². The lowest BCUT2D eigenvalue weighted by Gasteiger charge is -2.13. The molecular formula is C39H36Cl2FN5O4S. The van der Waals surface area contributed by atoms with Crippen LogP contribution in [0.5, 0.6) is 0 Å². The topological polar surface area (TPSA) is 134 Å². The molecule has 0 atom stereocenters. The molecule has 1 aromatic heterocycles. The van der Waals surface area contributed by atoms with E-state index in [4.69, 9.17) is 28.3 Å². The van der Waals surface area contributed by atoms with Crippen LogP contribution in [0.2, 0.25) is 10.0 Å². The Kier molecular flexibility index (Phi) is 12.5. The average Bonchev–Trinajstić information content (AvgIpc) is 3.48. The van der Waals surface area contributed by atoms with E-state index in [0.29, 0.717) is 35.5 Å². The monoisotopic (exact) mass is 759 g/mol. The second-order valence-electron chi connectivity index (χ2n) is 12.1. The Morgan fingerprint density at radius 2 is 1.63 bits per heavy atom.